The van der Waals surface area contributed by atoms with Crippen LogP contribution in [0.15, 0.2) is 103 Å². The summed E-state index contributed by atoms with van der Waals surface area (Å²) < 4.78 is 7.79. The van der Waals surface area contributed by atoms with Gasteiger partial charge < -0.3 is 9.84 Å². The van der Waals surface area contributed by atoms with Gasteiger partial charge in [-0.15, -0.1) is 5.10 Å². The van der Waals surface area contributed by atoms with Crippen LogP contribution in [0, 0.1) is 0 Å². The lowest BCUT2D eigenvalue weighted by molar-refractivity contribution is 0.196. The first-order valence-electron chi connectivity index (χ1n) is 10.7. The molecule has 164 valence electrons. The SMILES string of the molecule is OCCOc1nn(C(c2ccccc2)(c2ccccc2)c2ccccc2)c2cc(Cl)ncc12. The topological polar surface area (TPSA) is 60.2 Å². The molecular weight excluding hydrogens is 434 g/mol. The lowest BCUT2D eigenvalue weighted by Gasteiger charge is -2.36. The third-order valence-electron chi connectivity index (χ3n) is 5.72. The minimum atomic E-state index is -0.812. The Morgan fingerprint density at radius 3 is 1.82 bits per heavy atom. The molecule has 5 rings (SSSR count). The number of fused-ring (bicyclic) bond motifs is 1. The van der Waals surface area contributed by atoms with Crippen LogP contribution in [0.3, 0.4) is 0 Å². The van der Waals surface area contributed by atoms with Crippen molar-refractivity contribution in [3.63, 3.8) is 0 Å². The third-order valence-corrected chi connectivity index (χ3v) is 5.93. The van der Waals surface area contributed by atoms with E-state index in [-0.39, 0.29) is 13.2 Å². The molecule has 0 fully saturated rings. The Bertz CT molecular complexity index is 1260. The first-order chi connectivity index (χ1) is 16.2. The number of halogens is 1. The van der Waals surface area contributed by atoms with Crippen molar-refractivity contribution in [1.29, 1.82) is 0 Å². The molecule has 5 aromatic rings. The summed E-state index contributed by atoms with van der Waals surface area (Å²) in [6.07, 6.45) is 1.67. The van der Waals surface area contributed by atoms with Crippen molar-refractivity contribution in [1.82, 2.24) is 14.8 Å². The Hall–Kier alpha value is -3.67. The summed E-state index contributed by atoms with van der Waals surface area (Å²) in [5, 5.41) is 15.4. The average molecular weight is 456 g/mol. The lowest BCUT2D eigenvalue weighted by atomic mass is 9.77. The average Bonchev–Trinajstić information content (AvgIpc) is 3.23. The predicted octanol–water partition coefficient (Wildman–Crippen LogP) is 5.30. The van der Waals surface area contributed by atoms with Crippen LogP contribution in [0.5, 0.6) is 5.88 Å². The van der Waals surface area contributed by atoms with E-state index < -0.39 is 5.54 Å². The fourth-order valence-electron chi connectivity index (χ4n) is 4.37. The van der Waals surface area contributed by atoms with Crippen molar-refractivity contribution >= 4 is 22.5 Å². The van der Waals surface area contributed by atoms with E-state index in [4.69, 9.17) is 21.4 Å². The Balaban J connectivity index is 1.94. The Labute approximate surface area is 196 Å². The smallest absolute Gasteiger partial charge is 0.242 e. The van der Waals surface area contributed by atoms with Gasteiger partial charge in [0.25, 0.3) is 0 Å². The van der Waals surface area contributed by atoms with E-state index in [1.54, 1.807) is 12.3 Å². The monoisotopic (exact) mass is 455 g/mol. The van der Waals surface area contributed by atoms with E-state index in [0.717, 1.165) is 27.6 Å². The van der Waals surface area contributed by atoms with Crippen molar-refractivity contribution in [2.45, 2.75) is 5.54 Å². The van der Waals surface area contributed by atoms with Gasteiger partial charge in [0.05, 0.1) is 17.5 Å². The number of hydrogen-bond donors (Lipinski definition) is 1. The first kappa shape index (κ1) is 21.2. The molecule has 2 heterocycles. The molecule has 0 saturated carbocycles. The molecule has 0 spiro atoms. The van der Waals surface area contributed by atoms with E-state index in [1.165, 1.54) is 0 Å². The number of aromatic nitrogens is 3. The van der Waals surface area contributed by atoms with E-state index in [1.807, 2.05) is 59.3 Å². The maximum atomic E-state index is 9.35. The molecule has 0 aliphatic heterocycles. The van der Waals surface area contributed by atoms with E-state index >= 15 is 0 Å². The molecule has 0 aliphatic carbocycles. The number of rotatable bonds is 7. The van der Waals surface area contributed by atoms with Gasteiger partial charge in [0.1, 0.15) is 17.3 Å². The van der Waals surface area contributed by atoms with Gasteiger partial charge in [-0.2, -0.15) is 0 Å². The van der Waals surface area contributed by atoms with Crippen LogP contribution in [-0.4, -0.2) is 33.1 Å². The van der Waals surface area contributed by atoms with Gasteiger partial charge in [-0.3, -0.25) is 0 Å². The van der Waals surface area contributed by atoms with Crippen LogP contribution in [0.1, 0.15) is 16.7 Å². The molecule has 0 radical (unpaired) electrons. The van der Waals surface area contributed by atoms with Gasteiger partial charge in [0.15, 0.2) is 0 Å². The highest BCUT2D eigenvalue weighted by molar-refractivity contribution is 6.30. The van der Waals surface area contributed by atoms with Gasteiger partial charge in [0.2, 0.25) is 5.88 Å². The molecule has 3 aromatic carbocycles. The number of ether oxygens (including phenoxy) is 1. The molecule has 5 nitrogen and oxygen atoms in total. The highest BCUT2D eigenvalue weighted by atomic mass is 35.5. The Morgan fingerprint density at radius 1 is 0.818 bits per heavy atom. The van der Waals surface area contributed by atoms with Gasteiger partial charge in [-0.25, -0.2) is 9.67 Å². The van der Waals surface area contributed by atoms with Crippen molar-refractivity contribution in [3.05, 3.63) is 125 Å². The van der Waals surface area contributed by atoms with Crippen LogP contribution in [0.2, 0.25) is 5.15 Å². The van der Waals surface area contributed by atoms with Crippen LogP contribution in [0.25, 0.3) is 10.9 Å². The van der Waals surface area contributed by atoms with Gasteiger partial charge >= 0.3 is 0 Å². The van der Waals surface area contributed by atoms with Crippen molar-refractivity contribution in [3.8, 4) is 5.88 Å². The van der Waals surface area contributed by atoms with Crippen molar-refractivity contribution < 1.29 is 9.84 Å². The fraction of sp³-hybridized carbons (Fsp3) is 0.111. The highest BCUT2D eigenvalue weighted by Crippen LogP contribution is 2.43. The fourth-order valence-corrected chi connectivity index (χ4v) is 4.52. The number of hydrogen-bond acceptors (Lipinski definition) is 4. The van der Waals surface area contributed by atoms with Crippen molar-refractivity contribution in [2.75, 3.05) is 13.2 Å². The molecule has 0 aliphatic rings. The van der Waals surface area contributed by atoms with E-state index in [2.05, 4.69) is 41.4 Å². The minimum Gasteiger partial charge on any atom is -0.474 e. The molecule has 0 bridgehead atoms. The normalized spacial score (nSPS) is 11.6. The van der Waals surface area contributed by atoms with Crippen molar-refractivity contribution in [2.24, 2.45) is 0 Å². The quantitative estimate of drug-likeness (QED) is 0.267. The second-order valence-electron chi connectivity index (χ2n) is 7.62. The largest absolute Gasteiger partial charge is 0.474 e. The lowest BCUT2D eigenvalue weighted by Crippen LogP contribution is -2.38. The molecule has 2 aromatic heterocycles. The summed E-state index contributed by atoms with van der Waals surface area (Å²) in [5.74, 6) is 0.399. The number of pyridine rings is 1. The zero-order chi connectivity index (χ0) is 22.7. The summed E-state index contributed by atoms with van der Waals surface area (Å²) in [7, 11) is 0. The zero-order valence-corrected chi connectivity index (χ0v) is 18.6. The molecule has 1 N–H and O–H groups in total. The first-order valence-corrected chi connectivity index (χ1v) is 11.1. The second kappa shape index (κ2) is 9.06. The number of aliphatic hydroxyl groups is 1. The third kappa shape index (κ3) is 3.65. The van der Waals surface area contributed by atoms with Gasteiger partial charge in [0, 0.05) is 12.3 Å². The van der Waals surface area contributed by atoms with Gasteiger partial charge in [-0.05, 0) is 16.7 Å². The van der Waals surface area contributed by atoms with Crippen LogP contribution >= 0.6 is 11.6 Å². The van der Waals surface area contributed by atoms with E-state index in [9.17, 15) is 5.11 Å². The number of benzene rings is 3. The standard InChI is InChI=1S/C27H22ClN3O2/c28-25-18-24-23(19-29-25)26(33-17-16-32)30-31(24)27(20-10-4-1-5-11-20,21-12-6-2-7-13-21)22-14-8-3-9-15-22/h1-15,18-19,32H,16-17H2. The molecule has 0 saturated heterocycles. The zero-order valence-electron chi connectivity index (χ0n) is 17.8. The van der Waals surface area contributed by atoms with Crippen LogP contribution in [-0.2, 0) is 5.54 Å². The molecule has 0 unspecified atom stereocenters. The molecular formula is C27H22ClN3O2. The second-order valence-corrected chi connectivity index (χ2v) is 8.01. The summed E-state index contributed by atoms with van der Waals surface area (Å²) in [5.41, 5.74) is 3.07. The molecule has 33 heavy (non-hydrogen) atoms. The van der Waals surface area contributed by atoms with Crippen LogP contribution < -0.4 is 4.74 Å². The van der Waals surface area contributed by atoms with Gasteiger partial charge in [-0.1, -0.05) is 103 Å². The highest BCUT2D eigenvalue weighted by Gasteiger charge is 2.41. The molecule has 0 atom stereocenters. The minimum absolute atomic E-state index is 0.115. The maximum Gasteiger partial charge on any atom is 0.242 e. The Morgan fingerprint density at radius 2 is 1.33 bits per heavy atom. The summed E-state index contributed by atoms with van der Waals surface area (Å²) in [6, 6.07) is 32.6. The summed E-state index contributed by atoms with van der Waals surface area (Å²) >= 11 is 6.36. The maximum absolute atomic E-state index is 9.35. The number of nitrogens with zero attached hydrogens (tertiary/aromatic N) is 3. The summed E-state index contributed by atoms with van der Waals surface area (Å²) in [6.45, 7) is 0.0142. The van der Waals surface area contributed by atoms with E-state index in [0.29, 0.717) is 11.0 Å². The van der Waals surface area contributed by atoms with Crippen LogP contribution in [0.4, 0.5) is 0 Å². The molecule has 0 amide bonds. The predicted molar refractivity (Wildman–Crippen MR) is 130 cm³/mol. The Kier molecular flexibility index (Phi) is 5.82. The summed E-state index contributed by atoms with van der Waals surface area (Å²) in [4.78, 5) is 4.26. The number of aliphatic hydroxyl groups excluding tert-OH is 1. The molecule has 6 heteroatoms.